The minimum atomic E-state index is 0.892. The lowest BCUT2D eigenvalue weighted by molar-refractivity contribution is 0.669. The highest BCUT2D eigenvalue weighted by molar-refractivity contribution is 6.30. The molecular formula is C60H37NO. The van der Waals surface area contributed by atoms with E-state index in [-0.39, 0.29) is 0 Å². The third-order valence-corrected chi connectivity index (χ3v) is 13.0. The van der Waals surface area contributed by atoms with Crippen molar-refractivity contribution in [3.8, 4) is 22.3 Å². The predicted octanol–water partition coefficient (Wildman–Crippen LogP) is 17.3. The third-order valence-electron chi connectivity index (χ3n) is 13.0. The molecule has 0 aliphatic heterocycles. The van der Waals surface area contributed by atoms with E-state index >= 15 is 0 Å². The topological polar surface area (TPSA) is 16.4 Å². The Balaban J connectivity index is 1.00. The molecular weight excluding hydrogens is 751 g/mol. The van der Waals surface area contributed by atoms with Crippen molar-refractivity contribution in [2.24, 2.45) is 0 Å². The number of fused-ring (bicyclic) bond motifs is 12. The van der Waals surface area contributed by atoms with Crippen LogP contribution >= 0.6 is 0 Å². The quantitative estimate of drug-likeness (QED) is 0.128. The molecule has 0 amide bonds. The maximum absolute atomic E-state index is 6.71. The predicted molar refractivity (Wildman–Crippen MR) is 264 cm³/mol. The molecule has 0 unspecified atom stereocenters. The second kappa shape index (κ2) is 13.7. The molecule has 0 aliphatic rings. The van der Waals surface area contributed by atoms with Crippen molar-refractivity contribution in [3.05, 3.63) is 224 Å². The van der Waals surface area contributed by atoms with Crippen molar-refractivity contribution >= 4 is 104 Å². The van der Waals surface area contributed by atoms with Crippen LogP contribution in [0.4, 0.5) is 17.1 Å². The largest absolute Gasteiger partial charge is 0.456 e. The zero-order chi connectivity index (χ0) is 40.7. The number of nitrogens with zero attached hydrogens (tertiary/aromatic N) is 1. The molecule has 13 rings (SSSR count). The Bertz CT molecular complexity index is 3810. The molecule has 0 saturated heterocycles. The summed E-state index contributed by atoms with van der Waals surface area (Å²) in [4.78, 5) is 2.31. The van der Waals surface area contributed by atoms with Gasteiger partial charge < -0.3 is 9.32 Å². The molecule has 0 saturated carbocycles. The third kappa shape index (κ3) is 5.30. The molecule has 1 aromatic heterocycles. The molecule has 1 heterocycles. The summed E-state index contributed by atoms with van der Waals surface area (Å²) in [6, 6.07) is 81.7. The Morgan fingerprint density at radius 3 is 1.21 bits per heavy atom. The number of rotatable bonds is 5. The van der Waals surface area contributed by atoms with Gasteiger partial charge in [-0.25, -0.2) is 0 Å². The van der Waals surface area contributed by atoms with E-state index in [1.165, 1.54) is 86.9 Å². The van der Waals surface area contributed by atoms with Crippen LogP contribution in [0.25, 0.3) is 109 Å². The molecule has 0 bridgehead atoms. The fraction of sp³-hybridized carbons (Fsp3) is 0. The van der Waals surface area contributed by atoms with Crippen molar-refractivity contribution in [2.45, 2.75) is 0 Å². The van der Waals surface area contributed by atoms with E-state index in [0.29, 0.717) is 0 Å². The van der Waals surface area contributed by atoms with Gasteiger partial charge in [-0.2, -0.15) is 0 Å². The highest BCUT2D eigenvalue weighted by Gasteiger charge is 2.20. The second-order valence-electron chi connectivity index (χ2n) is 16.4. The lowest BCUT2D eigenvalue weighted by atomic mass is 9.85. The van der Waals surface area contributed by atoms with Crippen LogP contribution in [0.1, 0.15) is 0 Å². The number of para-hydroxylation sites is 2. The molecule has 2 nitrogen and oxygen atoms in total. The smallest absolute Gasteiger partial charge is 0.136 e. The van der Waals surface area contributed by atoms with Crippen LogP contribution in [-0.2, 0) is 0 Å². The van der Waals surface area contributed by atoms with Crippen LogP contribution < -0.4 is 4.90 Å². The van der Waals surface area contributed by atoms with Gasteiger partial charge in [0.15, 0.2) is 0 Å². The summed E-state index contributed by atoms with van der Waals surface area (Å²) in [6.45, 7) is 0. The molecule has 12 aromatic carbocycles. The van der Waals surface area contributed by atoms with Crippen LogP contribution in [-0.4, -0.2) is 0 Å². The summed E-state index contributed by atoms with van der Waals surface area (Å²) in [6.07, 6.45) is 0. The van der Waals surface area contributed by atoms with Gasteiger partial charge in [-0.05, 0) is 160 Å². The Hall–Kier alpha value is -8.20. The molecule has 0 N–H and O–H groups in total. The standard InChI is InChI=1S/C60H37NO/c1-3-17-42(18-4-1)61(43-19-5-2-6-20-43)44-30-27-38(28-31-44)59-47-23-11-13-25-49(47)60(50-26-14-12-24-48(50)59)41-29-32-57-55(35-41)56-36-53-52-34-40-16-8-7-15-39(40)33-51(52)45-21-9-10-22-46(45)54(53)37-58(56)62-57/h1-37H. The Kier molecular flexibility index (Phi) is 7.64. The number of furan rings is 1. The van der Waals surface area contributed by atoms with Gasteiger partial charge in [-0.1, -0.05) is 152 Å². The maximum atomic E-state index is 6.71. The van der Waals surface area contributed by atoms with E-state index in [1.807, 2.05) is 0 Å². The summed E-state index contributed by atoms with van der Waals surface area (Å²) in [5.41, 5.74) is 9.98. The number of hydrogen-bond donors (Lipinski definition) is 0. The Morgan fingerprint density at radius 1 is 0.242 bits per heavy atom. The van der Waals surface area contributed by atoms with Crippen molar-refractivity contribution in [1.29, 1.82) is 0 Å². The Morgan fingerprint density at radius 2 is 0.645 bits per heavy atom. The molecule has 0 fully saturated rings. The summed E-state index contributed by atoms with van der Waals surface area (Å²) < 4.78 is 6.71. The van der Waals surface area contributed by atoms with Crippen LogP contribution in [0.2, 0.25) is 0 Å². The van der Waals surface area contributed by atoms with Crippen LogP contribution in [0.3, 0.4) is 0 Å². The maximum Gasteiger partial charge on any atom is 0.136 e. The normalized spacial score (nSPS) is 11.9. The number of benzene rings is 12. The fourth-order valence-corrected chi connectivity index (χ4v) is 10.2. The van der Waals surface area contributed by atoms with Gasteiger partial charge in [-0.15, -0.1) is 0 Å². The molecule has 288 valence electrons. The van der Waals surface area contributed by atoms with E-state index in [9.17, 15) is 0 Å². The van der Waals surface area contributed by atoms with Crippen molar-refractivity contribution in [1.82, 2.24) is 0 Å². The monoisotopic (exact) mass is 787 g/mol. The fourth-order valence-electron chi connectivity index (χ4n) is 10.2. The van der Waals surface area contributed by atoms with E-state index in [0.717, 1.165) is 39.0 Å². The Labute approximate surface area is 358 Å². The molecule has 2 heteroatoms. The van der Waals surface area contributed by atoms with E-state index in [2.05, 4.69) is 229 Å². The molecule has 0 atom stereocenters. The summed E-state index contributed by atoms with van der Waals surface area (Å²) in [5.74, 6) is 0. The van der Waals surface area contributed by atoms with Gasteiger partial charge >= 0.3 is 0 Å². The minimum Gasteiger partial charge on any atom is -0.456 e. The average Bonchev–Trinajstić information content (AvgIpc) is 3.70. The van der Waals surface area contributed by atoms with Crippen LogP contribution in [0.15, 0.2) is 229 Å². The molecule has 13 aromatic rings. The summed E-state index contributed by atoms with van der Waals surface area (Å²) in [5, 5.41) is 17.1. The lowest BCUT2D eigenvalue weighted by Gasteiger charge is -2.25. The number of anilines is 3. The van der Waals surface area contributed by atoms with E-state index in [4.69, 9.17) is 4.42 Å². The zero-order valence-electron chi connectivity index (χ0n) is 33.7. The second-order valence-corrected chi connectivity index (χ2v) is 16.4. The average molecular weight is 788 g/mol. The first-order chi connectivity index (χ1) is 30.7. The first-order valence-corrected chi connectivity index (χ1v) is 21.3. The first kappa shape index (κ1) is 34.6. The van der Waals surface area contributed by atoms with E-state index in [1.54, 1.807) is 0 Å². The van der Waals surface area contributed by atoms with Gasteiger partial charge in [0.25, 0.3) is 0 Å². The van der Waals surface area contributed by atoms with Gasteiger partial charge in [0.2, 0.25) is 0 Å². The van der Waals surface area contributed by atoms with Crippen molar-refractivity contribution < 1.29 is 4.42 Å². The summed E-state index contributed by atoms with van der Waals surface area (Å²) >= 11 is 0. The highest BCUT2D eigenvalue weighted by atomic mass is 16.3. The number of hydrogen-bond acceptors (Lipinski definition) is 2. The van der Waals surface area contributed by atoms with Gasteiger partial charge in [0, 0.05) is 27.8 Å². The van der Waals surface area contributed by atoms with E-state index < -0.39 is 0 Å². The van der Waals surface area contributed by atoms with Crippen LogP contribution in [0, 0.1) is 0 Å². The van der Waals surface area contributed by atoms with Crippen molar-refractivity contribution in [3.63, 3.8) is 0 Å². The zero-order valence-corrected chi connectivity index (χ0v) is 33.7. The van der Waals surface area contributed by atoms with Gasteiger partial charge in [0.05, 0.1) is 0 Å². The lowest BCUT2D eigenvalue weighted by Crippen LogP contribution is -2.09. The molecule has 0 spiro atoms. The molecule has 0 aliphatic carbocycles. The molecule has 0 radical (unpaired) electrons. The van der Waals surface area contributed by atoms with Gasteiger partial charge in [-0.3, -0.25) is 0 Å². The SMILES string of the molecule is c1ccc(N(c2ccccc2)c2ccc(-c3c4ccccc4c(-c4ccc5oc6cc7c8ccccc8c8cc9ccccc9cc8c7cc6c5c4)c4ccccc34)cc2)cc1. The highest BCUT2D eigenvalue weighted by Crippen LogP contribution is 2.47. The summed E-state index contributed by atoms with van der Waals surface area (Å²) in [7, 11) is 0. The minimum absolute atomic E-state index is 0.892. The first-order valence-electron chi connectivity index (χ1n) is 21.3. The van der Waals surface area contributed by atoms with Crippen LogP contribution in [0.5, 0.6) is 0 Å². The molecule has 62 heavy (non-hydrogen) atoms. The van der Waals surface area contributed by atoms with Gasteiger partial charge in [0.1, 0.15) is 11.2 Å². The van der Waals surface area contributed by atoms with Crippen molar-refractivity contribution in [2.75, 3.05) is 4.90 Å².